The summed E-state index contributed by atoms with van der Waals surface area (Å²) in [6, 6.07) is 6.37. The minimum Gasteiger partial charge on any atom is -0.465 e. The van der Waals surface area contributed by atoms with Crippen molar-refractivity contribution in [1.29, 1.82) is 0 Å². The Morgan fingerprint density at radius 2 is 2.06 bits per heavy atom. The van der Waals surface area contributed by atoms with Crippen molar-refractivity contribution in [3.8, 4) is 0 Å². The van der Waals surface area contributed by atoms with Crippen LogP contribution in [0.4, 0.5) is 0 Å². The molecule has 0 aliphatic rings. The van der Waals surface area contributed by atoms with Crippen molar-refractivity contribution < 1.29 is 19.7 Å². The number of ether oxygens (including phenoxy) is 1. The van der Waals surface area contributed by atoms with Crippen LogP contribution in [-0.4, -0.2) is 35.3 Å². The van der Waals surface area contributed by atoms with Gasteiger partial charge in [0.1, 0.15) is 6.10 Å². The van der Waals surface area contributed by atoms with Gasteiger partial charge in [-0.2, -0.15) is 0 Å². The molecule has 5 heteroatoms. The minimum absolute atomic E-state index is 0.114. The number of aliphatic hydroxyl groups excluding tert-OH is 2. The van der Waals surface area contributed by atoms with Crippen LogP contribution in [0.25, 0.3) is 0 Å². The highest BCUT2D eigenvalue weighted by molar-refractivity contribution is 6.18. The summed E-state index contributed by atoms with van der Waals surface area (Å²) in [5.74, 6) is -0.673. The van der Waals surface area contributed by atoms with E-state index in [2.05, 4.69) is 4.74 Å². The van der Waals surface area contributed by atoms with E-state index in [0.29, 0.717) is 5.56 Å². The fourth-order valence-corrected chi connectivity index (χ4v) is 1.51. The highest BCUT2D eigenvalue weighted by atomic mass is 35.5. The molecule has 2 N–H and O–H groups in total. The van der Waals surface area contributed by atoms with E-state index in [1.54, 1.807) is 18.2 Å². The van der Waals surface area contributed by atoms with E-state index in [-0.39, 0.29) is 11.4 Å². The molecule has 0 aliphatic heterocycles. The van der Waals surface area contributed by atoms with Crippen molar-refractivity contribution in [1.82, 2.24) is 0 Å². The molecule has 0 amide bonds. The second-order valence-electron chi connectivity index (χ2n) is 3.25. The summed E-state index contributed by atoms with van der Waals surface area (Å²) in [6.07, 6.45) is -2.32. The molecule has 16 heavy (non-hydrogen) atoms. The van der Waals surface area contributed by atoms with Crippen LogP contribution in [0.3, 0.4) is 0 Å². The second kappa shape index (κ2) is 5.84. The van der Waals surface area contributed by atoms with E-state index in [4.69, 9.17) is 11.6 Å². The number of carbonyl (C=O) groups is 1. The van der Waals surface area contributed by atoms with Gasteiger partial charge in [0.2, 0.25) is 0 Å². The van der Waals surface area contributed by atoms with E-state index in [1.807, 2.05) is 0 Å². The third-order valence-electron chi connectivity index (χ3n) is 2.21. The zero-order valence-corrected chi connectivity index (χ0v) is 9.52. The number of carbonyl (C=O) groups excluding carboxylic acids is 1. The van der Waals surface area contributed by atoms with Crippen molar-refractivity contribution >= 4 is 17.6 Å². The Labute approximate surface area is 98.4 Å². The Morgan fingerprint density at radius 1 is 1.44 bits per heavy atom. The normalized spacial score (nSPS) is 14.2. The molecule has 0 bridgehead atoms. The largest absolute Gasteiger partial charge is 0.465 e. The maximum Gasteiger partial charge on any atom is 0.338 e. The molecular weight excluding hydrogens is 232 g/mol. The fraction of sp³-hybridized carbons (Fsp3) is 0.364. The molecule has 1 rings (SSSR count). The Kier molecular flexibility index (Phi) is 4.73. The summed E-state index contributed by atoms with van der Waals surface area (Å²) in [5.41, 5.74) is 0.532. The van der Waals surface area contributed by atoms with Gasteiger partial charge in [-0.1, -0.05) is 18.2 Å². The van der Waals surface area contributed by atoms with Crippen molar-refractivity contribution in [2.75, 3.05) is 13.0 Å². The second-order valence-corrected chi connectivity index (χ2v) is 3.55. The number of alkyl halides is 1. The smallest absolute Gasteiger partial charge is 0.338 e. The lowest BCUT2D eigenvalue weighted by Gasteiger charge is -2.17. The number of methoxy groups -OCH3 is 1. The van der Waals surface area contributed by atoms with Crippen LogP contribution in [-0.2, 0) is 4.74 Å². The molecule has 0 aromatic heterocycles. The highest BCUT2D eigenvalue weighted by Crippen LogP contribution is 2.22. The number of halogens is 1. The van der Waals surface area contributed by atoms with Gasteiger partial charge in [0, 0.05) is 0 Å². The lowest BCUT2D eigenvalue weighted by Crippen LogP contribution is -2.22. The fourth-order valence-electron chi connectivity index (χ4n) is 1.34. The minimum atomic E-state index is -1.20. The van der Waals surface area contributed by atoms with E-state index in [1.165, 1.54) is 13.2 Å². The van der Waals surface area contributed by atoms with Gasteiger partial charge in [0.05, 0.1) is 24.7 Å². The third-order valence-corrected chi connectivity index (χ3v) is 2.52. The topological polar surface area (TPSA) is 66.8 Å². The lowest BCUT2D eigenvalue weighted by molar-refractivity contribution is 0.0307. The molecule has 0 fully saturated rings. The maximum atomic E-state index is 11.4. The number of hydrogen-bond acceptors (Lipinski definition) is 4. The number of hydrogen-bond donors (Lipinski definition) is 2. The Balaban J connectivity index is 3.08. The van der Waals surface area contributed by atoms with Crippen molar-refractivity contribution in [3.05, 3.63) is 35.4 Å². The molecule has 4 nitrogen and oxygen atoms in total. The zero-order valence-electron chi connectivity index (χ0n) is 8.76. The van der Waals surface area contributed by atoms with Gasteiger partial charge in [-0.3, -0.25) is 0 Å². The summed E-state index contributed by atoms with van der Waals surface area (Å²) in [4.78, 5) is 11.4. The van der Waals surface area contributed by atoms with Crippen LogP contribution in [0.15, 0.2) is 24.3 Å². The van der Waals surface area contributed by atoms with E-state index < -0.39 is 18.2 Å². The van der Waals surface area contributed by atoms with Gasteiger partial charge < -0.3 is 14.9 Å². The lowest BCUT2D eigenvalue weighted by atomic mass is 9.99. The molecular formula is C11H13ClO4. The summed E-state index contributed by atoms with van der Waals surface area (Å²) in [6.45, 7) is 0. The molecule has 2 atom stereocenters. The monoisotopic (exact) mass is 244 g/mol. The molecule has 88 valence electrons. The molecule has 1 aromatic carbocycles. The molecule has 0 spiro atoms. The van der Waals surface area contributed by atoms with Crippen LogP contribution in [0, 0.1) is 0 Å². The van der Waals surface area contributed by atoms with Crippen LogP contribution >= 0.6 is 11.6 Å². The molecule has 0 aliphatic carbocycles. The average molecular weight is 245 g/mol. The maximum absolute atomic E-state index is 11.4. The van der Waals surface area contributed by atoms with Gasteiger partial charge in [0.15, 0.2) is 0 Å². The van der Waals surface area contributed by atoms with Gasteiger partial charge >= 0.3 is 5.97 Å². The zero-order chi connectivity index (χ0) is 12.1. The summed E-state index contributed by atoms with van der Waals surface area (Å²) in [7, 11) is 1.25. The summed E-state index contributed by atoms with van der Waals surface area (Å²) < 4.78 is 4.58. The molecule has 0 heterocycles. The van der Waals surface area contributed by atoms with Crippen LogP contribution in [0.2, 0.25) is 0 Å². The van der Waals surface area contributed by atoms with Gasteiger partial charge in [-0.25, -0.2) is 4.79 Å². The standard InChI is InChI=1S/C11H13ClO4/c1-16-11(15)8-5-3-2-4-7(8)10(14)9(13)6-12/h2-5,9-10,13-14H,6H2,1H3. The Bertz CT molecular complexity index is 367. The summed E-state index contributed by atoms with van der Waals surface area (Å²) in [5, 5.41) is 19.2. The van der Waals surface area contributed by atoms with Gasteiger partial charge in [-0.15, -0.1) is 11.6 Å². The highest BCUT2D eigenvalue weighted by Gasteiger charge is 2.22. The third kappa shape index (κ3) is 2.72. The van der Waals surface area contributed by atoms with Crippen molar-refractivity contribution in [2.45, 2.75) is 12.2 Å². The molecule has 2 unspecified atom stereocenters. The first-order valence-electron chi connectivity index (χ1n) is 4.71. The van der Waals surface area contributed by atoms with Gasteiger partial charge in [0.25, 0.3) is 0 Å². The first-order valence-corrected chi connectivity index (χ1v) is 5.24. The predicted octanol–water partition coefficient (Wildman–Crippen LogP) is 1.11. The van der Waals surface area contributed by atoms with Crippen molar-refractivity contribution in [3.63, 3.8) is 0 Å². The van der Waals surface area contributed by atoms with Crippen LogP contribution in [0.1, 0.15) is 22.0 Å². The molecule has 0 saturated heterocycles. The molecule has 1 aromatic rings. The molecule has 0 saturated carbocycles. The number of esters is 1. The van der Waals surface area contributed by atoms with Crippen molar-refractivity contribution in [2.24, 2.45) is 0 Å². The Hall–Kier alpha value is -1.10. The summed E-state index contributed by atoms with van der Waals surface area (Å²) >= 11 is 5.44. The van der Waals surface area contributed by atoms with Crippen LogP contribution in [0.5, 0.6) is 0 Å². The van der Waals surface area contributed by atoms with Crippen LogP contribution < -0.4 is 0 Å². The quantitative estimate of drug-likeness (QED) is 0.615. The van der Waals surface area contributed by atoms with Gasteiger partial charge in [-0.05, 0) is 11.6 Å². The average Bonchev–Trinajstić information content (AvgIpc) is 2.35. The SMILES string of the molecule is COC(=O)c1ccccc1C(O)C(O)CCl. The molecule has 0 radical (unpaired) electrons. The van der Waals surface area contributed by atoms with E-state index in [9.17, 15) is 15.0 Å². The first kappa shape index (κ1) is 13.0. The number of benzene rings is 1. The van der Waals surface area contributed by atoms with E-state index >= 15 is 0 Å². The first-order chi connectivity index (χ1) is 7.61. The Morgan fingerprint density at radius 3 is 2.62 bits per heavy atom. The van der Waals surface area contributed by atoms with E-state index in [0.717, 1.165) is 0 Å². The number of aliphatic hydroxyl groups is 2. The number of rotatable bonds is 4. The predicted molar refractivity (Wildman–Crippen MR) is 59.5 cm³/mol.